The van der Waals surface area contributed by atoms with E-state index in [1.54, 1.807) is 47.7 Å². The molecule has 0 fully saturated rings. The van der Waals surface area contributed by atoms with Gasteiger partial charge in [0.1, 0.15) is 0 Å². The van der Waals surface area contributed by atoms with Gasteiger partial charge in [-0.1, -0.05) is 12.5 Å². The summed E-state index contributed by atoms with van der Waals surface area (Å²) in [6.45, 7) is 3.31. The largest absolute Gasteiger partial charge is 0.493 e. The second-order valence-corrected chi connectivity index (χ2v) is 12.4. The number of hydrogen-bond acceptors (Lipinski definition) is 9. The maximum atomic E-state index is 13.6. The molecule has 0 spiro atoms. The molecule has 2 N–H and O–H groups in total. The van der Waals surface area contributed by atoms with E-state index in [0.29, 0.717) is 78.9 Å². The minimum absolute atomic E-state index is 0.144. The lowest BCUT2D eigenvalue weighted by Crippen LogP contribution is -2.35. The van der Waals surface area contributed by atoms with Crippen LogP contribution in [0.15, 0.2) is 41.2 Å². The summed E-state index contributed by atoms with van der Waals surface area (Å²) in [5.74, 6) is 2.87. The molecule has 1 heterocycles. The Morgan fingerprint density at radius 2 is 1.49 bits per heavy atom. The van der Waals surface area contributed by atoms with E-state index < -0.39 is 0 Å². The van der Waals surface area contributed by atoms with Crippen LogP contribution in [0.2, 0.25) is 0 Å². The molecule has 1 aliphatic carbocycles. The highest BCUT2D eigenvalue weighted by molar-refractivity contribution is 5.84. The molecule has 0 unspecified atom stereocenters. The third kappa shape index (κ3) is 7.71. The van der Waals surface area contributed by atoms with Crippen molar-refractivity contribution < 1.29 is 33.3 Å². The molecule has 2 amide bonds. The van der Waals surface area contributed by atoms with Crippen LogP contribution in [-0.2, 0) is 29.0 Å². The van der Waals surface area contributed by atoms with Crippen LogP contribution in [-0.4, -0.2) is 65.4 Å². The summed E-state index contributed by atoms with van der Waals surface area (Å²) in [5.41, 5.74) is 5.85. The summed E-state index contributed by atoms with van der Waals surface area (Å²) in [4.78, 5) is 40.7. The zero-order valence-electron chi connectivity index (χ0n) is 29.3. The number of carbonyl (C=O) groups excluding carboxylic acids is 2. The molecule has 1 aliphatic heterocycles. The van der Waals surface area contributed by atoms with Crippen molar-refractivity contribution in [3.05, 3.63) is 68.9 Å². The third-order valence-electron chi connectivity index (χ3n) is 9.37. The van der Waals surface area contributed by atoms with Crippen LogP contribution in [0.25, 0.3) is 11.1 Å². The van der Waals surface area contributed by atoms with Gasteiger partial charge < -0.3 is 39.2 Å². The Morgan fingerprint density at radius 3 is 2.16 bits per heavy atom. The first-order chi connectivity index (χ1) is 23.7. The van der Waals surface area contributed by atoms with Gasteiger partial charge in [0.15, 0.2) is 23.0 Å². The Labute approximate surface area is 287 Å². The van der Waals surface area contributed by atoms with Crippen molar-refractivity contribution in [1.82, 2.24) is 10.2 Å². The van der Waals surface area contributed by atoms with E-state index in [4.69, 9.17) is 23.7 Å². The van der Waals surface area contributed by atoms with Crippen LogP contribution in [0.5, 0.6) is 28.7 Å². The molecule has 2 aliphatic rings. The van der Waals surface area contributed by atoms with Gasteiger partial charge in [0.05, 0.1) is 47.3 Å². The number of amides is 2. The highest BCUT2D eigenvalue weighted by Gasteiger charge is 2.29. The van der Waals surface area contributed by atoms with Crippen molar-refractivity contribution in [2.45, 2.75) is 64.5 Å². The van der Waals surface area contributed by atoms with Crippen molar-refractivity contribution in [3.63, 3.8) is 0 Å². The Balaban J connectivity index is 1.25. The van der Waals surface area contributed by atoms with E-state index in [1.807, 2.05) is 29.2 Å². The summed E-state index contributed by atoms with van der Waals surface area (Å²) in [6, 6.07) is 10.9. The second-order valence-electron chi connectivity index (χ2n) is 12.4. The fourth-order valence-corrected chi connectivity index (χ4v) is 6.91. The molecule has 11 nitrogen and oxygen atoms in total. The zero-order chi connectivity index (χ0) is 35.1. The number of ether oxygens (including phenoxy) is 5. The molecule has 49 heavy (non-hydrogen) atoms. The lowest BCUT2D eigenvalue weighted by molar-refractivity contribution is -0.132. The maximum absolute atomic E-state index is 13.6. The number of aryl methyl sites for hydroxylation is 1. The maximum Gasteiger partial charge on any atom is 0.222 e. The van der Waals surface area contributed by atoms with Crippen molar-refractivity contribution in [3.8, 4) is 39.9 Å². The number of rotatable bonds is 13. The van der Waals surface area contributed by atoms with Crippen molar-refractivity contribution in [1.29, 1.82) is 0 Å². The highest BCUT2D eigenvalue weighted by Crippen LogP contribution is 2.50. The van der Waals surface area contributed by atoms with E-state index in [2.05, 4.69) is 10.6 Å². The van der Waals surface area contributed by atoms with Crippen LogP contribution in [0.3, 0.4) is 0 Å². The zero-order valence-corrected chi connectivity index (χ0v) is 29.3. The second kappa shape index (κ2) is 16.0. The minimum atomic E-state index is -0.370. The topological polar surface area (TPSA) is 125 Å². The number of nitrogens with one attached hydrogen (secondary N) is 2. The Hall–Kier alpha value is -4.93. The van der Waals surface area contributed by atoms with Gasteiger partial charge in [-0.05, 0) is 90.3 Å². The van der Waals surface area contributed by atoms with E-state index in [9.17, 15) is 14.4 Å². The third-order valence-corrected chi connectivity index (χ3v) is 9.37. The molecule has 3 aromatic rings. The molecule has 0 saturated heterocycles. The Kier molecular flexibility index (Phi) is 11.5. The number of fused-ring (bicyclic) bond motifs is 4. The van der Waals surface area contributed by atoms with E-state index in [0.717, 1.165) is 47.9 Å². The molecule has 3 aromatic carbocycles. The average molecular weight is 674 g/mol. The summed E-state index contributed by atoms with van der Waals surface area (Å²) in [5, 5.41) is 6.35. The van der Waals surface area contributed by atoms with Gasteiger partial charge in [0.25, 0.3) is 0 Å². The first-order valence-corrected chi connectivity index (χ1v) is 16.8. The number of carbonyl (C=O) groups is 2. The molecule has 262 valence electrons. The van der Waals surface area contributed by atoms with Crippen molar-refractivity contribution in [2.24, 2.45) is 0 Å². The highest BCUT2D eigenvalue weighted by atomic mass is 16.5. The van der Waals surface area contributed by atoms with Gasteiger partial charge in [0.2, 0.25) is 23.0 Å². The number of hydrogen-bond donors (Lipinski definition) is 2. The summed E-state index contributed by atoms with van der Waals surface area (Å²) < 4.78 is 28.0. The normalized spacial score (nSPS) is 14.7. The van der Waals surface area contributed by atoms with E-state index in [-0.39, 0.29) is 23.3 Å². The Morgan fingerprint density at radius 1 is 0.796 bits per heavy atom. The smallest absolute Gasteiger partial charge is 0.222 e. The van der Waals surface area contributed by atoms with Crippen LogP contribution in [0, 0.1) is 0 Å². The lowest BCUT2D eigenvalue weighted by Gasteiger charge is -2.29. The average Bonchev–Trinajstić information content (AvgIpc) is 3.35. The van der Waals surface area contributed by atoms with Gasteiger partial charge in [-0.2, -0.15) is 0 Å². The molecular formula is C38H47N3O8. The first kappa shape index (κ1) is 35.4. The van der Waals surface area contributed by atoms with Gasteiger partial charge in [-0.15, -0.1) is 0 Å². The van der Waals surface area contributed by atoms with Gasteiger partial charge in [-0.25, -0.2) is 0 Å². The standard InChI is InChI=1S/C38H47N3O8/c1-23(42)40-29-13-11-25-19-34(47-4)37(48-5)38(49-6)36(25)27-12-14-30(31(43)21-28(27)29)39-16-9-7-8-10-35(44)41-17-15-24-18-32(45-2)33(46-3)20-26(24)22-41/h12,14,18-21,29H,7-11,13,15-17,22H2,1-6H3,(H,39,43)(H,40,42)/t29-/m1/s1. The molecule has 0 bridgehead atoms. The number of nitrogens with zero attached hydrogens (tertiary/aromatic N) is 1. The van der Waals surface area contributed by atoms with Crippen molar-refractivity contribution in [2.75, 3.05) is 54.0 Å². The van der Waals surface area contributed by atoms with Crippen LogP contribution in [0.4, 0.5) is 5.69 Å². The molecule has 0 saturated carbocycles. The summed E-state index contributed by atoms with van der Waals surface area (Å²) in [6.07, 6.45) is 4.88. The van der Waals surface area contributed by atoms with Crippen LogP contribution in [0.1, 0.15) is 67.3 Å². The van der Waals surface area contributed by atoms with Gasteiger partial charge >= 0.3 is 0 Å². The fourth-order valence-electron chi connectivity index (χ4n) is 6.91. The number of benzene rings is 2. The SMILES string of the molecule is COc1cc2c(cc1OC)CN(C(=O)CCCCCNc1ccc3c(cc1=O)[C@H](NC(C)=O)CCc1cc(OC)c(OC)c(OC)c1-3)CC2. The van der Waals surface area contributed by atoms with Crippen molar-refractivity contribution >= 4 is 17.5 Å². The van der Waals surface area contributed by atoms with E-state index in [1.165, 1.54) is 12.5 Å². The molecule has 5 rings (SSSR count). The molecule has 0 aromatic heterocycles. The molecular weight excluding hydrogens is 626 g/mol. The molecule has 1 atom stereocenters. The lowest BCUT2D eigenvalue weighted by atomic mass is 9.95. The number of anilines is 1. The molecule has 0 radical (unpaired) electrons. The quantitative estimate of drug-likeness (QED) is 0.228. The van der Waals surface area contributed by atoms with E-state index >= 15 is 0 Å². The monoisotopic (exact) mass is 673 g/mol. The van der Waals surface area contributed by atoms with Gasteiger partial charge in [-0.3, -0.25) is 14.4 Å². The number of methoxy groups -OCH3 is 5. The number of unbranched alkanes of at least 4 members (excludes halogenated alkanes) is 2. The molecule has 11 heteroatoms. The predicted molar refractivity (Wildman–Crippen MR) is 188 cm³/mol. The Bertz CT molecular complexity index is 1760. The van der Waals surface area contributed by atoms with Crippen LogP contribution < -0.4 is 39.7 Å². The summed E-state index contributed by atoms with van der Waals surface area (Å²) >= 11 is 0. The first-order valence-electron chi connectivity index (χ1n) is 16.8. The van der Waals surface area contributed by atoms with Crippen LogP contribution >= 0.6 is 0 Å². The summed E-state index contributed by atoms with van der Waals surface area (Å²) in [7, 11) is 7.97. The fraction of sp³-hybridized carbons (Fsp3) is 0.447. The van der Waals surface area contributed by atoms with Gasteiger partial charge in [0, 0.05) is 38.5 Å². The minimum Gasteiger partial charge on any atom is -0.493 e. The predicted octanol–water partition coefficient (Wildman–Crippen LogP) is 5.44.